The van der Waals surface area contributed by atoms with E-state index in [-0.39, 0.29) is 11.9 Å². The van der Waals surface area contributed by atoms with E-state index in [0.29, 0.717) is 11.5 Å². The van der Waals surface area contributed by atoms with E-state index in [2.05, 4.69) is 20.6 Å². The Morgan fingerprint density at radius 3 is 3.00 bits per heavy atom. The smallest absolute Gasteiger partial charge is 0.241 e. The molecule has 2 aromatic heterocycles. The van der Waals surface area contributed by atoms with Gasteiger partial charge in [-0.25, -0.2) is 9.97 Å². The first-order chi connectivity index (χ1) is 10.3. The van der Waals surface area contributed by atoms with Crippen LogP contribution in [-0.4, -0.2) is 33.0 Å². The van der Waals surface area contributed by atoms with Crippen molar-refractivity contribution in [2.75, 3.05) is 11.9 Å². The molecule has 0 spiro atoms. The fraction of sp³-hybridized carbons (Fsp3) is 0.400. The van der Waals surface area contributed by atoms with Crippen molar-refractivity contribution >= 4 is 11.6 Å². The van der Waals surface area contributed by atoms with Gasteiger partial charge in [-0.1, -0.05) is 6.42 Å². The molecule has 1 aliphatic heterocycles. The summed E-state index contributed by atoms with van der Waals surface area (Å²) in [6.45, 7) is 2.81. The summed E-state index contributed by atoms with van der Waals surface area (Å²) in [4.78, 5) is 20.9. The lowest BCUT2D eigenvalue weighted by Gasteiger charge is -2.23. The van der Waals surface area contributed by atoms with Crippen LogP contribution in [0.4, 0.5) is 5.69 Å². The molecule has 6 heteroatoms. The zero-order valence-electron chi connectivity index (χ0n) is 12.0. The molecule has 1 fully saturated rings. The number of imidazole rings is 1. The summed E-state index contributed by atoms with van der Waals surface area (Å²) in [6.07, 6.45) is 8.38. The summed E-state index contributed by atoms with van der Waals surface area (Å²) in [7, 11) is 0. The van der Waals surface area contributed by atoms with E-state index in [0.717, 1.165) is 31.6 Å². The predicted octanol–water partition coefficient (Wildman–Crippen LogP) is 1.66. The number of anilines is 1. The third kappa shape index (κ3) is 2.95. The molecule has 3 rings (SSSR count). The maximum atomic E-state index is 12.3. The van der Waals surface area contributed by atoms with E-state index < -0.39 is 0 Å². The van der Waals surface area contributed by atoms with Crippen molar-refractivity contribution in [3.8, 4) is 5.82 Å². The van der Waals surface area contributed by atoms with Crippen LogP contribution in [0.2, 0.25) is 0 Å². The first kappa shape index (κ1) is 13.8. The van der Waals surface area contributed by atoms with E-state index in [4.69, 9.17) is 0 Å². The summed E-state index contributed by atoms with van der Waals surface area (Å²) in [6, 6.07) is 3.57. The summed E-state index contributed by atoms with van der Waals surface area (Å²) in [5, 5.41) is 6.24. The average Bonchev–Trinajstić information content (AvgIpc) is 2.95. The van der Waals surface area contributed by atoms with Gasteiger partial charge in [0.2, 0.25) is 5.91 Å². The summed E-state index contributed by atoms with van der Waals surface area (Å²) in [5.74, 6) is 1.53. The molecule has 1 aliphatic rings. The number of hydrogen-bond donors (Lipinski definition) is 2. The Balaban J connectivity index is 1.82. The van der Waals surface area contributed by atoms with Gasteiger partial charge < -0.3 is 10.6 Å². The molecule has 1 unspecified atom stereocenters. The monoisotopic (exact) mass is 285 g/mol. The maximum Gasteiger partial charge on any atom is 0.241 e. The van der Waals surface area contributed by atoms with Crippen molar-refractivity contribution in [2.24, 2.45) is 0 Å². The second kappa shape index (κ2) is 6.05. The zero-order valence-corrected chi connectivity index (χ0v) is 12.0. The number of rotatable bonds is 3. The zero-order chi connectivity index (χ0) is 14.7. The Kier molecular flexibility index (Phi) is 3.96. The van der Waals surface area contributed by atoms with Gasteiger partial charge in [0.15, 0.2) is 5.82 Å². The highest BCUT2D eigenvalue weighted by Crippen LogP contribution is 2.19. The quantitative estimate of drug-likeness (QED) is 0.899. The van der Waals surface area contributed by atoms with Crippen LogP contribution in [-0.2, 0) is 4.79 Å². The van der Waals surface area contributed by atoms with Crippen LogP contribution in [0.15, 0.2) is 30.7 Å². The molecule has 21 heavy (non-hydrogen) atoms. The highest BCUT2D eigenvalue weighted by molar-refractivity contribution is 5.96. The molecule has 1 saturated heterocycles. The Hall–Kier alpha value is -2.21. The van der Waals surface area contributed by atoms with Gasteiger partial charge in [0.05, 0.1) is 11.7 Å². The number of aryl methyl sites for hydroxylation is 1. The van der Waals surface area contributed by atoms with E-state index >= 15 is 0 Å². The van der Waals surface area contributed by atoms with Crippen molar-refractivity contribution in [3.63, 3.8) is 0 Å². The van der Waals surface area contributed by atoms with Crippen molar-refractivity contribution in [3.05, 3.63) is 36.5 Å². The topological polar surface area (TPSA) is 71.8 Å². The first-order valence-electron chi connectivity index (χ1n) is 7.25. The van der Waals surface area contributed by atoms with Crippen molar-refractivity contribution in [2.45, 2.75) is 32.2 Å². The number of amides is 1. The van der Waals surface area contributed by atoms with E-state index in [1.54, 1.807) is 12.4 Å². The Bertz CT molecular complexity index is 630. The van der Waals surface area contributed by atoms with E-state index in [9.17, 15) is 4.79 Å². The summed E-state index contributed by atoms with van der Waals surface area (Å²) in [5.41, 5.74) is 0.705. The van der Waals surface area contributed by atoms with Gasteiger partial charge in [0, 0.05) is 18.6 Å². The molecule has 2 N–H and O–H groups in total. The average molecular weight is 285 g/mol. The van der Waals surface area contributed by atoms with Gasteiger partial charge in [-0.3, -0.25) is 9.36 Å². The number of carbonyl (C=O) groups excluding carboxylic acids is 1. The molecule has 0 saturated carbocycles. The van der Waals surface area contributed by atoms with Crippen molar-refractivity contribution in [1.29, 1.82) is 0 Å². The summed E-state index contributed by atoms with van der Waals surface area (Å²) >= 11 is 0. The number of hydrogen-bond acceptors (Lipinski definition) is 4. The van der Waals surface area contributed by atoms with Crippen LogP contribution in [0.1, 0.15) is 25.1 Å². The number of nitrogens with one attached hydrogen (secondary N) is 2. The van der Waals surface area contributed by atoms with Crippen LogP contribution >= 0.6 is 0 Å². The van der Waals surface area contributed by atoms with Gasteiger partial charge in [0.25, 0.3) is 0 Å². The number of aromatic nitrogens is 3. The highest BCUT2D eigenvalue weighted by atomic mass is 16.2. The predicted molar refractivity (Wildman–Crippen MR) is 80.4 cm³/mol. The van der Waals surface area contributed by atoms with Crippen molar-refractivity contribution < 1.29 is 4.79 Å². The molecule has 110 valence electrons. The molecule has 0 aromatic carbocycles. The summed E-state index contributed by atoms with van der Waals surface area (Å²) < 4.78 is 1.86. The molecule has 2 aromatic rings. The normalized spacial score (nSPS) is 18.4. The van der Waals surface area contributed by atoms with Crippen LogP contribution in [0.25, 0.3) is 5.82 Å². The minimum Gasteiger partial charge on any atom is -0.322 e. The molecule has 1 amide bonds. The van der Waals surface area contributed by atoms with Crippen molar-refractivity contribution in [1.82, 2.24) is 19.9 Å². The fourth-order valence-corrected chi connectivity index (χ4v) is 2.58. The van der Waals surface area contributed by atoms with Crippen LogP contribution in [0.3, 0.4) is 0 Å². The molecule has 3 heterocycles. The minimum atomic E-state index is -0.115. The maximum absolute atomic E-state index is 12.3. The van der Waals surface area contributed by atoms with Gasteiger partial charge >= 0.3 is 0 Å². The second-order valence-corrected chi connectivity index (χ2v) is 5.21. The number of carbonyl (C=O) groups is 1. The highest BCUT2D eigenvalue weighted by Gasteiger charge is 2.21. The lowest BCUT2D eigenvalue weighted by atomic mass is 10.0. The molecule has 0 bridgehead atoms. The van der Waals surface area contributed by atoms with Gasteiger partial charge in [-0.15, -0.1) is 0 Å². The molecular weight excluding hydrogens is 266 g/mol. The standard InChI is InChI=1S/C15H19N5O/c1-11-16-9-10-20(11)14-12(6-4-8-18-14)19-15(21)13-5-2-3-7-17-13/h4,6,8-10,13,17H,2-3,5,7H2,1H3,(H,19,21). The van der Waals surface area contributed by atoms with E-state index in [1.807, 2.05) is 29.8 Å². The van der Waals surface area contributed by atoms with Crippen LogP contribution < -0.4 is 10.6 Å². The lowest BCUT2D eigenvalue weighted by molar-refractivity contribution is -0.118. The Morgan fingerprint density at radius 1 is 1.38 bits per heavy atom. The number of piperidine rings is 1. The molecule has 6 nitrogen and oxygen atoms in total. The lowest BCUT2D eigenvalue weighted by Crippen LogP contribution is -2.43. The van der Waals surface area contributed by atoms with Gasteiger partial charge in [-0.2, -0.15) is 0 Å². The fourth-order valence-electron chi connectivity index (χ4n) is 2.58. The molecular formula is C15H19N5O. The number of pyridine rings is 1. The van der Waals surface area contributed by atoms with Gasteiger partial charge in [-0.05, 0) is 38.4 Å². The third-order valence-electron chi connectivity index (χ3n) is 3.73. The largest absolute Gasteiger partial charge is 0.322 e. The minimum absolute atomic E-state index is 0.00159. The van der Waals surface area contributed by atoms with Gasteiger partial charge in [0.1, 0.15) is 5.82 Å². The number of nitrogens with zero attached hydrogens (tertiary/aromatic N) is 3. The molecule has 0 aliphatic carbocycles. The first-order valence-corrected chi connectivity index (χ1v) is 7.25. The Morgan fingerprint density at radius 2 is 2.29 bits per heavy atom. The third-order valence-corrected chi connectivity index (χ3v) is 3.73. The van der Waals surface area contributed by atoms with Crippen LogP contribution in [0, 0.1) is 6.92 Å². The molecule has 1 atom stereocenters. The van der Waals surface area contributed by atoms with Crippen LogP contribution in [0.5, 0.6) is 0 Å². The Labute approximate surface area is 123 Å². The second-order valence-electron chi connectivity index (χ2n) is 5.21. The SMILES string of the molecule is Cc1nccn1-c1ncccc1NC(=O)C1CCCCN1. The molecule has 0 radical (unpaired) electrons. The van der Waals surface area contributed by atoms with E-state index in [1.165, 1.54) is 0 Å².